The number of rotatable bonds is 5. The second-order valence-electron chi connectivity index (χ2n) is 10.2. The highest BCUT2D eigenvalue weighted by molar-refractivity contribution is 6.31. The molecule has 2 saturated carbocycles. The summed E-state index contributed by atoms with van der Waals surface area (Å²) < 4.78 is 0. The molecule has 0 radical (unpaired) electrons. The van der Waals surface area contributed by atoms with Gasteiger partial charge < -0.3 is 26.2 Å². The predicted octanol–water partition coefficient (Wildman–Crippen LogP) is -0.272. The number of ketones is 4. The maximum atomic E-state index is 13.8. The van der Waals surface area contributed by atoms with Gasteiger partial charge in [-0.25, -0.2) is 0 Å². The Hall–Kier alpha value is -4.06. The zero-order valence-electron chi connectivity index (χ0n) is 20.3. The van der Waals surface area contributed by atoms with Crippen LogP contribution in [-0.2, 0) is 32.1 Å². The second-order valence-corrected chi connectivity index (χ2v) is 10.2. The number of H-pyrrole nitrogens is 1. The first kappa shape index (κ1) is 24.6. The van der Waals surface area contributed by atoms with Crippen LogP contribution in [0.2, 0.25) is 0 Å². The van der Waals surface area contributed by atoms with E-state index in [2.05, 4.69) is 15.5 Å². The number of amides is 1. The third-order valence-corrected chi connectivity index (χ3v) is 7.89. The van der Waals surface area contributed by atoms with Gasteiger partial charge in [0.1, 0.15) is 5.75 Å². The van der Waals surface area contributed by atoms with Gasteiger partial charge in [-0.2, -0.15) is 5.10 Å². The van der Waals surface area contributed by atoms with Crippen molar-refractivity contribution < 1.29 is 34.2 Å². The molecule has 37 heavy (non-hydrogen) atoms. The summed E-state index contributed by atoms with van der Waals surface area (Å²) in [5, 5.41) is 32.2. The van der Waals surface area contributed by atoms with Crippen molar-refractivity contribution in [1.82, 2.24) is 10.2 Å². The second kappa shape index (κ2) is 8.51. The van der Waals surface area contributed by atoms with Gasteiger partial charge in [-0.15, -0.1) is 0 Å². The summed E-state index contributed by atoms with van der Waals surface area (Å²) in [6, 6.07) is 3.46. The van der Waals surface area contributed by atoms with E-state index in [0.717, 1.165) is 5.69 Å². The molecule has 0 bridgehead atoms. The minimum atomic E-state index is -2.67. The van der Waals surface area contributed by atoms with E-state index < -0.39 is 58.3 Å². The summed E-state index contributed by atoms with van der Waals surface area (Å²) in [6.45, 7) is 0.275. The van der Waals surface area contributed by atoms with Crippen LogP contribution in [0, 0.1) is 23.7 Å². The molecule has 1 heterocycles. The molecule has 1 aromatic carbocycles. The number of phenols is 1. The highest BCUT2D eigenvalue weighted by atomic mass is 16.3. The molecule has 5 atom stereocenters. The highest BCUT2D eigenvalue weighted by Gasteiger charge is 2.66. The van der Waals surface area contributed by atoms with Gasteiger partial charge in [-0.1, -0.05) is 0 Å². The Morgan fingerprint density at radius 3 is 2.59 bits per heavy atom. The predicted molar refractivity (Wildman–Crippen MR) is 129 cm³/mol. The van der Waals surface area contributed by atoms with E-state index in [4.69, 9.17) is 5.73 Å². The van der Waals surface area contributed by atoms with Crippen LogP contribution in [0.1, 0.15) is 34.5 Å². The fraction of sp³-hybridized carbons (Fsp3) is 0.440. The maximum absolute atomic E-state index is 13.8. The molecule has 0 saturated heterocycles. The van der Waals surface area contributed by atoms with Crippen LogP contribution < -0.4 is 16.0 Å². The van der Waals surface area contributed by atoms with E-state index in [-0.39, 0.29) is 42.8 Å². The smallest absolute Gasteiger partial charge is 0.235 e. The molecule has 0 aliphatic heterocycles. The first-order valence-electron chi connectivity index (χ1n) is 11.9. The van der Waals surface area contributed by atoms with Crippen LogP contribution in [0.5, 0.6) is 5.75 Å². The van der Waals surface area contributed by atoms with Crippen LogP contribution in [0.25, 0.3) is 0 Å². The van der Waals surface area contributed by atoms with Gasteiger partial charge in [0.25, 0.3) is 0 Å². The molecule has 3 aliphatic carbocycles. The van der Waals surface area contributed by atoms with Crippen LogP contribution in [0.4, 0.5) is 11.4 Å². The lowest BCUT2D eigenvalue weighted by atomic mass is 9.53. The van der Waals surface area contributed by atoms with Gasteiger partial charge in [0, 0.05) is 38.3 Å². The number of Topliss-reactive ketones (excluding diaryl/α,β-unsaturated/α-hetero) is 4. The third-order valence-electron chi connectivity index (χ3n) is 7.89. The Morgan fingerprint density at radius 2 is 1.97 bits per heavy atom. The minimum absolute atomic E-state index is 0.0501. The monoisotopic (exact) mass is 509 g/mol. The number of phenolic OH excluding ortho intramolecular Hbond substituents is 1. The number of hydrogen-bond acceptors (Lipinski definition) is 10. The van der Waals surface area contributed by atoms with Gasteiger partial charge >= 0.3 is 0 Å². The van der Waals surface area contributed by atoms with Gasteiger partial charge in [-0.05, 0) is 36.5 Å². The van der Waals surface area contributed by atoms with Crippen LogP contribution in [0.3, 0.4) is 0 Å². The van der Waals surface area contributed by atoms with Crippen molar-refractivity contribution in [3.63, 3.8) is 0 Å². The fourth-order valence-electron chi connectivity index (χ4n) is 6.12. The van der Waals surface area contributed by atoms with Crippen molar-refractivity contribution in [2.24, 2.45) is 29.4 Å². The molecule has 194 valence electrons. The van der Waals surface area contributed by atoms with Crippen LogP contribution in [0.15, 0.2) is 18.3 Å². The number of carbonyl (C=O) groups excluding carboxylic acids is 5. The molecule has 2 fully saturated rings. The lowest BCUT2D eigenvalue weighted by Crippen LogP contribution is -2.68. The molecule has 6 N–H and O–H groups in total. The Balaban J connectivity index is 1.57. The van der Waals surface area contributed by atoms with E-state index in [1.165, 1.54) is 0 Å². The van der Waals surface area contributed by atoms with Crippen molar-refractivity contribution in [3.05, 3.63) is 35.2 Å². The Kier molecular flexibility index (Phi) is 5.66. The zero-order valence-corrected chi connectivity index (χ0v) is 20.3. The van der Waals surface area contributed by atoms with Gasteiger partial charge in [-0.3, -0.25) is 29.1 Å². The SMILES string of the molecule is CN(C)c1cc(NCc2ccn[nH]2)c(O)c2c1C[C@H]1C[C@H]3CC(=O)C(C(N)=O)C(=O)[C@@]3(O)C(=O)C1C2=O. The van der Waals surface area contributed by atoms with Crippen molar-refractivity contribution in [2.75, 3.05) is 24.3 Å². The molecule has 1 aromatic heterocycles. The number of aromatic nitrogens is 2. The number of benzene rings is 1. The number of primary amides is 1. The molecular formula is C25H27N5O7. The normalized spacial score (nSPS) is 28.8. The Bertz CT molecular complexity index is 1350. The summed E-state index contributed by atoms with van der Waals surface area (Å²) in [6.07, 6.45) is 1.48. The van der Waals surface area contributed by atoms with E-state index >= 15 is 0 Å². The standard InChI is InChI=1S/C25H27N5O7/c1-30(2)15-8-14(27-9-12-3-4-28-29-12)20(32)18-13(15)6-10-5-11-7-16(31)19(24(26)36)23(35)25(11,37)22(34)17(10)21(18)33/h3-4,8,10-11,17,19,27,32,37H,5-7,9H2,1-2H3,(H2,26,36)(H,28,29)/t10-,11+,17?,19?,25+/m1/s1. The van der Waals surface area contributed by atoms with Crippen LogP contribution in [-0.4, -0.2) is 69.1 Å². The summed E-state index contributed by atoms with van der Waals surface area (Å²) in [5.41, 5.74) is 4.70. The quantitative estimate of drug-likeness (QED) is 0.264. The topological polar surface area (TPSA) is 196 Å². The summed E-state index contributed by atoms with van der Waals surface area (Å²) >= 11 is 0. The molecule has 2 unspecified atom stereocenters. The average molecular weight is 510 g/mol. The highest BCUT2D eigenvalue weighted by Crippen LogP contribution is 2.52. The number of anilines is 2. The van der Waals surface area contributed by atoms with Gasteiger partial charge in [0.15, 0.2) is 34.7 Å². The number of nitrogens with zero attached hydrogens (tertiary/aromatic N) is 2. The molecule has 1 amide bonds. The Labute approximate surface area is 211 Å². The van der Waals surface area contributed by atoms with Crippen LogP contribution >= 0.6 is 0 Å². The lowest BCUT2D eigenvalue weighted by Gasteiger charge is -2.48. The number of nitrogens with one attached hydrogen (secondary N) is 2. The van der Waals surface area contributed by atoms with E-state index in [0.29, 0.717) is 11.3 Å². The molecule has 0 spiro atoms. The lowest BCUT2D eigenvalue weighted by molar-refractivity contribution is -0.175. The number of nitrogens with two attached hydrogens (primary N) is 1. The average Bonchev–Trinajstić information content (AvgIpc) is 3.34. The molecule has 3 aliphatic rings. The molecule has 2 aromatic rings. The Morgan fingerprint density at radius 1 is 1.24 bits per heavy atom. The van der Waals surface area contributed by atoms with Crippen molar-refractivity contribution in [3.8, 4) is 5.75 Å². The van der Waals surface area contributed by atoms with Crippen molar-refractivity contribution in [2.45, 2.75) is 31.4 Å². The molecule has 12 heteroatoms. The first-order chi connectivity index (χ1) is 17.5. The van der Waals surface area contributed by atoms with Gasteiger partial charge in [0.05, 0.1) is 29.4 Å². The maximum Gasteiger partial charge on any atom is 0.235 e. The zero-order chi connectivity index (χ0) is 26.8. The van der Waals surface area contributed by atoms with E-state index in [1.54, 1.807) is 37.3 Å². The van der Waals surface area contributed by atoms with E-state index in [9.17, 15) is 34.2 Å². The largest absolute Gasteiger partial charge is 0.505 e. The van der Waals surface area contributed by atoms with Crippen molar-refractivity contribution in [1.29, 1.82) is 0 Å². The fourth-order valence-corrected chi connectivity index (χ4v) is 6.12. The van der Waals surface area contributed by atoms with E-state index in [1.807, 2.05) is 0 Å². The molecule has 12 nitrogen and oxygen atoms in total. The summed E-state index contributed by atoms with van der Waals surface area (Å²) in [5.74, 6) is -10.3. The first-order valence-corrected chi connectivity index (χ1v) is 11.9. The molecule has 5 rings (SSSR count). The summed E-state index contributed by atoms with van der Waals surface area (Å²) in [7, 11) is 3.57. The minimum Gasteiger partial charge on any atom is -0.505 e. The molecular weight excluding hydrogens is 482 g/mol. The number of aromatic hydroxyl groups is 1. The number of aliphatic hydroxyl groups is 1. The number of aromatic amines is 1. The third kappa shape index (κ3) is 3.54. The number of carbonyl (C=O) groups is 5. The number of hydrogen-bond donors (Lipinski definition) is 5. The van der Waals surface area contributed by atoms with Crippen molar-refractivity contribution >= 4 is 40.4 Å². The number of fused-ring (bicyclic) bond motifs is 3. The summed E-state index contributed by atoms with van der Waals surface area (Å²) in [4.78, 5) is 66.6. The van der Waals surface area contributed by atoms with Gasteiger partial charge in [0.2, 0.25) is 5.91 Å².